The molecule has 0 amide bonds. The van der Waals surface area contributed by atoms with E-state index in [1.807, 2.05) is 86.9 Å². The summed E-state index contributed by atoms with van der Waals surface area (Å²) in [5.74, 6) is -3.14. The Morgan fingerprint density at radius 1 is 0.532 bits per heavy atom. The Labute approximate surface area is 281 Å². The minimum absolute atomic E-state index is 0.0308. The SMILES string of the molecule is C=C(C(Cc1ccccc1)(C(=O)OCC)C(=O)OCC)[Si](C)(C)O[Si](C)(C)C(=C)C(Cc1ccccc1)(C(=O)OCC)C(=O)OCC. The van der Waals surface area contributed by atoms with Gasteiger partial charge in [0.05, 0.1) is 26.4 Å². The summed E-state index contributed by atoms with van der Waals surface area (Å²) in [4.78, 5) is 55.7. The molecule has 9 nitrogen and oxygen atoms in total. The maximum Gasteiger partial charge on any atom is 0.327 e. The molecule has 2 aromatic carbocycles. The second-order valence-corrected chi connectivity index (χ2v) is 20.2. The summed E-state index contributed by atoms with van der Waals surface area (Å²) in [5, 5.41) is 0.472. The van der Waals surface area contributed by atoms with E-state index in [-0.39, 0.29) is 49.7 Å². The number of hydrogen-bond donors (Lipinski definition) is 0. The van der Waals surface area contributed by atoms with Crippen LogP contribution in [0.3, 0.4) is 0 Å². The first kappa shape index (κ1) is 39.4. The zero-order valence-corrected chi connectivity index (χ0v) is 31.1. The van der Waals surface area contributed by atoms with E-state index in [0.29, 0.717) is 11.1 Å². The van der Waals surface area contributed by atoms with Gasteiger partial charge in [0.15, 0.2) is 10.8 Å². The number of benzene rings is 2. The molecule has 0 bridgehead atoms. The molecular weight excluding hydrogens is 633 g/mol. The third kappa shape index (κ3) is 8.76. The van der Waals surface area contributed by atoms with Gasteiger partial charge < -0.3 is 23.1 Å². The first-order valence-electron chi connectivity index (χ1n) is 16.0. The third-order valence-electron chi connectivity index (χ3n) is 8.11. The number of rotatable bonds is 18. The predicted octanol–water partition coefficient (Wildman–Crippen LogP) is 6.31. The van der Waals surface area contributed by atoms with Crippen LogP contribution < -0.4 is 0 Å². The van der Waals surface area contributed by atoms with Crippen LogP contribution in [0.2, 0.25) is 26.2 Å². The summed E-state index contributed by atoms with van der Waals surface area (Å²) in [6, 6.07) is 18.2. The number of ether oxygens (including phenoxy) is 4. The van der Waals surface area contributed by atoms with Gasteiger partial charge in [-0.25, -0.2) is 0 Å². The van der Waals surface area contributed by atoms with Crippen LogP contribution in [-0.2, 0) is 55.1 Å². The van der Waals surface area contributed by atoms with Crippen molar-refractivity contribution in [2.45, 2.75) is 66.7 Å². The average molecular weight is 683 g/mol. The van der Waals surface area contributed by atoms with Crippen LogP contribution in [-0.4, -0.2) is 66.9 Å². The van der Waals surface area contributed by atoms with E-state index >= 15 is 0 Å². The van der Waals surface area contributed by atoms with Gasteiger partial charge in [0.25, 0.3) is 0 Å². The smallest absolute Gasteiger partial charge is 0.327 e. The molecule has 0 aromatic heterocycles. The fraction of sp³-hybridized carbons (Fsp3) is 0.444. The Bertz CT molecular complexity index is 1270. The predicted molar refractivity (Wildman–Crippen MR) is 186 cm³/mol. The van der Waals surface area contributed by atoms with Crippen LogP contribution in [0, 0.1) is 10.8 Å². The molecule has 47 heavy (non-hydrogen) atoms. The highest BCUT2D eigenvalue weighted by molar-refractivity contribution is 6.92. The summed E-state index contributed by atoms with van der Waals surface area (Å²) in [7, 11) is -6.71. The topological polar surface area (TPSA) is 114 Å². The number of hydrogen-bond acceptors (Lipinski definition) is 9. The number of carbonyl (C=O) groups excluding carboxylic acids is 4. The molecule has 256 valence electrons. The van der Waals surface area contributed by atoms with Gasteiger partial charge in [-0.2, -0.15) is 0 Å². The van der Waals surface area contributed by atoms with Crippen molar-refractivity contribution in [3.63, 3.8) is 0 Å². The van der Waals surface area contributed by atoms with Gasteiger partial charge in [-0.1, -0.05) is 73.8 Å². The third-order valence-corrected chi connectivity index (χ3v) is 16.0. The lowest BCUT2D eigenvalue weighted by Gasteiger charge is -2.44. The standard InChI is InChI=1S/C36H50O9Si2/c1-11-41-31(37)35(32(38)42-12-2,25-29-21-17-15-18-22-29)27(5)46(7,8)45-47(9,10)28(6)36(33(39)43-13-3,34(40)44-14-4)26-30-23-19-16-20-24-30/h15-24H,5-6,11-14,25-26H2,1-4,7-10H3. The molecule has 11 heteroatoms. The van der Waals surface area contributed by atoms with E-state index in [9.17, 15) is 19.2 Å². The molecule has 0 unspecified atom stereocenters. The van der Waals surface area contributed by atoms with Crippen molar-refractivity contribution in [2.24, 2.45) is 10.8 Å². The van der Waals surface area contributed by atoms with E-state index < -0.39 is 51.3 Å². The lowest BCUT2D eigenvalue weighted by atomic mass is 9.81. The summed E-state index contributed by atoms with van der Waals surface area (Å²) < 4.78 is 29.1. The van der Waals surface area contributed by atoms with Crippen LogP contribution in [0.4, 0.5) is 0 Å². The lowest BCUT2D eigenvalue weighted by molar-refractivity contribution is -0.170. The Hall–Kier alpha value is -3.81. The Morgan fingerprint density at radius 3 is 1.02 bits per heavy atom. The summed E-state index contributed by atoms with van der Waals surface area (Å²) in [6.07, 6.45) is -0.118. The van der Waals surface area contributed by atoms with E-state index in [4.69, 9.17) is 23.1 Å². The fourth-order valence-electron chi connectivity index (χ4n) is 5.77. The lowest BCUT2D eigenvalue weighted by Crippen LogP contribution is -2.59. The maximum atomic E-state index is 13.9. The van der Waals surface area contributed by atoms with Crippen molar-refractivity contribution in [3.8, 4) is 0 Å². The largest absolute Gasteiger partial charge is 0.465 e. The molecule has 0 fully saturated rings. The van der Waals surface area contributed by atoms with Gasteiger partial charge in [-0.3, -0.25) is 19.2 Å². The van der Waals surface area contributed by atoms with E-state index in [1.165, 1.54) is 0 Å². The van der Waals surface area contributed by atoms with Crippen LogP contribution in [0.5, 0.6) is 0 Å². The molecule has 0 heterocycles. The van der Waals surface area contributed by atoms with E-state index in [2.05, 4.69) is 13.2 Å². The molecule has 0 radical (unpaired) electrons. The number of esters is 4. The zero-order valence-electron chi connectivity index (χ0n) is 29.1. The van der Waals surface area contributed by atoms with Gasteiger partial charge in [-0.05, 0) is 75.4 Å². The first-order valence-corrected chi connectivity index (χ1v) is 21.8. The Kier molecular flexibility index (Phi) is 14.1. The molecule has 0 saturated heterocycles. The molecule has 0 aliphatic heterocycles. The van der Waals surface area contributed by atoms with Gasteiger partial charge in [0.2, 0.25) is 16.6 Å². The molecule has 2 rings (SSSR count). The maximum absolute atomic E-state index is 13.9. The van der Waals surface area contributed by atoms with Crippen molar-refractivity contribution < 1.29 is 42.2 Å². The van der Waals surface area contributed by atoms with E-state index in [0.717, 1.165) is 0 Å². The van der Waals surface area contributed by atoms with Crippen molar-refractivity contribution in [3.05, 3.63) is 95.3 Å². The van der Waals surface area contributed by atoms with Gasteiger partial charge in [0.1, 0.15) is 0 Å². The second-order valence-electron chi connectivity index (χ2n) is 12.1. The van der Waals surface area contributed by atoms with Crippen LogP contribution >= 0.6 is 0 Å². The highest BCUT2D eigenvalue weighted by Crippen LogP contribution is 2.45. The normalized spacial score (nSPS) is 12.1. The number of carbonyl (C=O) groups is 4. The van der Waals surface area contributed by atoms with Crippen molar-refractivity contribution in [1.82, 2.24) is 0 Å². The summed E-state index contributed by atoms with van der Waals surface area (Å²) in [5.41, 5.74) is -2.43. The molecule has 0 N–H and O–H groups in total. The first-order chi connectivity index (χ1) is 22.1. The summed E-state index contributed by atoms with van der Waals surface area (Å²) >= 11 is 0. The zero-order chi connectivity index (χ0) is 35.5. The van der Waals surface area contributed by atoms with Crippen LogP contribution in [0.25, 0.3) is 0 Å². The second kappa shape index (κ2) is 16.8. The fourth-order valence-corrected chi connectivity index (χ4v) is 14.5. The average Bonchev–Trinajstić information content (AvgIpc) is 3.02. The summed E-state index contributed by atoms with van der Waals surface area (Å²) in [6.45, 7) is 22.8. The van der Waals surface area contributed by atoms with Gasteiger partial charge in [0, 0.05) is 12.8 Å². The highest BCUT2D eigenvalue weighted by atomic mass is 28.4. The molecule has 0 aliphatic carbocycles. The van der Waals surface area contributed by atoms with Crippen molar-refractivity contribution in [2.75, 3.05) is 26.4 Å². The monoisotopic (exact) mass is 682 g/mol. The molecular formula is C36H50O9Si2. The quantitative estimate of drug-likeness (QED) is 0.0772. The van der Waals surface area contributed by atoms with Crippen LogP contribution in [0.15, 0.2) is 84.2 Å². The Balaban J connectivity index is 2.75. The van der Waals surface area contributed by atoms with E-state index in [1.54, 1.807) is 27.7 Å². The minimum atomic E-state index is -3.35. The van der Waals surface area contributed by atoms with Gasteiger partial charge >= 0.3 is 23.9 Å². The van der Waals surface area contributed by atoms with Crippen LogP contribution in [0.1, 0.15) is 38.8 Å². The molecule has 0 atom stereocenters. The molecule has 0 spiro atoms. The van der Waals surface area contributed by atoms with Crippen molar-refractivity contribution in [1.29, 1.82) is 0 Å². The molecule has 2 aromatic rings. The molecule has 0 aliphatic rings. The minimum Gasteiger partial charge on any atom is -0.465 e. The molecule has 0 saturated carbocycles. The van der Waals surface area contributed by atoms with Crippen molar-refractivity contribution >= 4 is 40.5 Å². The Morgan fingerprint density at radius 2 is 0.787 bits per heavy atom. The van der Waals surface area contributed by atoms with Gasteiger partial charge in [-0.15, -0.1) is 0 Å². The highest BCUT2D eigenvalue weighted by Gasteiger charge is 2.60.